The predicted molar refractivity (Wildman–Crippen MR) is 105 cm³/mol. The lowest BCUT2D eigenvalue weighted by Crippen LogP contribution is -2.18. The van der Waals surface area contributed by atoms with E-state index in [1.54, 1.807) is 0 Å². The zero-order valence-corrected chi connectivity index (χ0v) is 16.9. The molecule has 3 aromatic rings. The van der Waals surface area contributed by atoms with Crippen LogP contribution in [0.5, 0.6) is 0 Å². The number of rotatable bonds is 7. The van der Waals surface area contributed by atoms with Crippen LogP contribution in [0, 0.1) is 0 Å². The van der Waals surface area contributed by atoms with Gasteiger partial charge in [-0.3, -0.25) is 9.48 Å². The van der Waals surface area contributed by atoms with Gasteiger partial charge in [0, 0.05) is 42.7 Å². The van der Waals surface area contributed by atoms with Crippen molar-refractivity contribution >= 4 is 21.6 Å². The summed E-state index contributed by atoms with van der Waals surface area (Å²) in [5.41, 5.74) is -0.133. The number of hydrogen-bond donors (Lipinski definition) is 2. The van der Waals surface area contributed by atoms with Crippen molar-refractivity contribution in [2.75, 3.05) is 13.2 Å². The van der Waals surface area contributed by atoms with Crippen molar-refractivity contribution in [1.82, 2.24) is 25.1 Å². The summed E-state index contributed by atoms with van der Waals surface area (Å²) in [6.45, 7) is -0.687. The molecule has 2 N–H and O–H groups in total. The smallest absolute Gasteiger partial charge is 0.310 e. The molecule has 11 heteroatoms. The standard InChI is InChI=1S/C19H21F4N5OS/c20-6-7-24-9-11-10-28(27-16(11)19(21,22)23)8-5-14-25-17(29)15-12-3-1-2-4-13(12)30-18(15)26-14/h10,24H,1-9H2,(H,25,26,29). The third-order valence-electron chi connectivity index (χ3n) is 5.14. The van der Waals surface area contributed by atoms with Gasteiger partial charge in [-0.25, -0.2) is 9.37 Å². The second kappa shape index (κ2) is 8.46. The van der Waals surface area contributed by atoms with E-state index in [0.29, 0.717) is 16.0 Å². The predicted octanol–water partition coefficient (Wildman–Crippen LogP) is 3.38. The number of nitrogens with one attached hydrogen (secondary N) is 2. The Bertz CT molecular complexity index is 1100. The zero-order chi connectivity index (χ0) is 21.3. The molecule has 30 heavy (non-hydrogen) atoms. The van der Waals surface area contributed by atoms with E-state index in [-0.39, 0.29) is 37.2 Å². The van der Waals surface area contributed by atoms with Gasteiger partial charge >= 0.3 is 6.18 Å². The quantitative estimate of drug-likeness (QED) is 0.434. The van der Waals surface area contributed by atoms with Crippen LogP contribution in [0.3, 0.4) is 0 Å². The van der Waals surface area contributed by atoms with Gasteiger partial charge in [-0.05, 0) is 31.2 Å². The van der Waals surface area contributed by atoms with Crippen LogP contribution in [-0.4, -0.2) is 33.0 Å². The summed E-state index contributed by atoms with van der Waals surface area (Å²) in [6.07, 6.45) is 0.944. The van der Waals surface area contributed by atoms with Gasteiger partial charge in [0.05, 0.1) is 5.39 Å². The van der Waals surface area contributed by atoms with Crippen LogP contribution in [0.1, 0.15) is 40.4 Å². The number of fused-ring (bicyclic) bond motifs is 3. The number of aromatic nitrogens is 4. The van der Waals surface area contributed by atoms with Gasteiger partial charge < -0.3 is 10.3 Å². The summed E-state index contributed by atoms with van der Waals surface area (Å²) >= 11 is 1.53. The Kier molecular flexibility index (Phi) is 5.92. The lowest BCUT2D eigenvalue weighted by Gasteiger charge is -2.09. The Labute approximate surface area is 173 Å². The second-order valence-corrected chi connectivity index (χ2v) is 8.37. The molecule has 0 aliphatic heterocycles. The Morgan fingerprint density at radius 3 is 2.83 bits per heavy atom. The van der Waals surface area contributed by atoms with Crippen molar-refractivity contribution < 1.29 is 17.6 Å². The molecule has 0 aromatic carbocycles. The maximum atomic E-state index is 13.2. The van der Waals surface area contributed by atoms with E-state index in [0.717, 1.165) is 31.2 Å². The van der Waals surface area contributed by atoms with Crippen LogP contribution in [-0.2, 0) is 38.5 Å². The van der Waals surface area contributed by atoms with Gasteiger partial charge in [0.25, 0.3) is 5.56 Å². The molecule has 0 unspecified atom stereocenters. The maximum absolute atomic E-state index is 13.2. The molecule has 3 heterocycles. The number of nitrogens with zero attached hydrogens (tertiary/aromatic N) is 3. The molecular formula is C19H21F4N5OS. The largest absolute Gasteiger partial charge is 0.435 e. The maximum Gasteiger partial charge on any atom is 0.435 e. The van der Waals surface area contributed by atoms with Crippen molar-refractivity contribution in [2.45, 2.75) is 51.4 Å². The minimum Gasteiger partial charge on any atom is -0.310 e. The monoisotopic (exact) mass is 443 g/mol. The van der Waals surface area contributed by atoms with Crippen molar-refractivity contribution in [3.8, 4) is 0 Å². The van der Waals surface area contributed by atoms with E-state index >= 15 is 0 Å². The molecule has 0 saturated carbocycles. The molecule has 162 valence electrons. The first-order valence-electron chi connectivity index (χ1n) is 9.80. The summed E-state index contributed by atoms with van der Waals surface area (Å²) in [5.74, 6) is 0.423. The Hall–Kier alpha value is -2.27. The summed E-state index contributed by atoms with van der Waals surface area (Å²) in [6, 6.07) is 0. The molecule has 0 saturated heterocycles. The molecule has 0 atom stereocenters. The molecular weight excluding hydrogens is 422 g/mol. The van der Waals surface area contributed by atoms with Crippen LogP contribution in [0.4, 0.5) is 17.6 Å². The van der Waals surface area contributed by atoms with Gasteiger partial charge in [-0.1, -0.05) is 0 Å². The highest BCUT2D eigenvalue weighted by atomic mass is 32.1. The average molecular weight is 443 g/mol. The number of aryl methyl sites for hydroxylation is 4. The number of aromatic amines is 1. The zero-order valence-electron chi connectivity index (χ0n) is 16.1. The lowest BCUT2D eigenvalue weighted by atomic mass is 9.97. The highest BCUT2D eigenvalue weighted by Crippen LogP contribution is 2.33. The van der Waals surface area contributed by atoms with Crippen LogP contribution in [0.15, 0.2) is 11.0 Å². The highest BCUT2D eigenvalue weighted by molar-refractivity contribution is 7.18. The van der Waals surface area contributed by atoms with Gasteiger partial charge in [0.15, 0.2) is 5.69 Å². The van der Waals surface area contributed by atoms with E-state index in [2.05, 4.69) is 20.4 Å². The third kappa shape index (κ3) is 4.27. The topological polar surface area (TPSA) is 75.6 Å². The van der Waals surface area contributed by atoms with Crippen molar-refractivity contribution in [1.29, 1.82) is 0 Å². The lowest BCUT2D eigenvalue weighted by molar-refractivity contribution is -0.142. The first-order chi connectivity index (χ1) is 14.4. The molecule has 0 spiro atoms. The average Bonchev–Trinajstić information content (AvgIpc) is 3.27. The molecule has 0 amide bonds. The van der Waals surface area contributed by atoms with Crippen molar-refractivity contribution in [3.05, 3.63) is 44.1 Å². The van der Waals surface area contributed by atoms with E-state index in [1.165, 1.54) is 27.1 Å². The van der Waals surface area contributed by atoms with E-state index in [1.807, 2.05) is 0 Å². The minimum atomic E-state index is -4.60. The SMILES string of the molecule is O=c1[nH]c(CCn2cc(CNCCF)c(C(F)(F)F)n2)nc2sc3c(c12)CCCC3. The minimum absolute atomic E-state index is 0.0293. The Balaban J connectivity index is 1.54. The normalized spacial score (nSPS) is 14.4. The van der Waals surface area contributed by atoms with E-state index in [4.69, 9.17) is 0 Å². The first kappa shape index (κ1) is 21.0. The third-order valence-corrected chi connectivity index (χ3v) is 6.33. The number of alkyl halides is 4. The van der Waals surface area contributed by atoms with Gasteiger partial charge in [-0.2, -0.15) is 18.3 Å². The van der Waals surface area contributed by atoms with Crippen LogP contribution in [0.2, 0.25) is 0 Å². The molecule has 1 aliphatic rings. The number of H-pyrrole nitrogens is 1. The Morgan fingerprint density at radius 1 is 1.27 bits per heavy atom. The Morgan fingerprint density at radius 2 is 2.07 bits per heavy atom. The first-order valence-corrected chi connectivity index (χ1v) is 10.6. The second-order valence-electron chi connectivity index (χ2n) is 7.28. The fourth-order valence-corrected chi connectivity index (χ4v) is 5.06. The molecule has 4 rings (SSSR count). The highest BCUT2D eigenvalue weighted by Gasteiger charge is 2.37. The molecule has 0 radical (unpaired) electrons. The molecule has 6 nitrogen and oxygen atoms in total. The van der Waals surface area contributed by atoms with Gasteiger partial charge in [0.2, 0.25) is 0 Å². The summed E-state index contributed by atoms with van der Waals surface area (Å²) in [4.78, 5) is 21.8. The summed E-state index contributed by atoms with van der Waals surface area (Å²) in [7, 11) is 0. The molecule has 3 aromatic heterocycles. The van der Waals surface area contributed by atoms with E-state index < -0.39 is 18.5 Å². The fraction of sp³-hybridized carbons (Fsp3) is 0.526. The molecule has 1 aliphatic carbocycles. The summed E-state index contributed by atoms with van der Waals surface area (Å²) < 4.78 is 53.1. The molecule has 0 bridgehead atoms. The number of halogens is 4. The summed E-state index contributed by atoms with van der Waals surface area (Å²) in [5, 5.41) is 6.92. The van der Waals surface area contributed by atoms with Crippen LogP contribution >= 0.6 is 11.3 Å². The number of thiophene rings is 1. The van der Waals surface area contributed by atoms with Gasteiger partial charge in [0.1, 0.15) is 17.3 Å². The van der Waals surface area contributed by atoms with Crippen molar-refractivity contribution in [3.63, 3.8) is 0 Å². The fourth-order valence-electron chi connectivity index (χ4n) is 3.78. The van der Waals surface area contributed by atoms with Crippen LogP contribution < -0.4 is 10.9 Å². The molecule has 0 fully saturated rings. The van der Waals surface area contributed by atoms with Crippen LogP contribution in [0.25, 0.3) is 10.2 Å². The number of hydrogen-bond acceptors (Lipinski definition) is 5. The van der Waals surface area contributed by atoms with E-state index in [9.17, 15) is 22.4 Å². The van der Waals surface area contributed by atoms with Crippen molar-refractivity contribution in [2.24, 2.45) is 0 Å². The van der Waals surface area contributed by atoms with Gasteiger partial charge in [-0.15, -0.1) is 11.3 Å².